The number of nitrogens with zero attached hydrogens (tertiary/aromatic N) is 2. The third-order valence-corrected chi connectivity index (χ3v) is 9.71. The molecule has 0 saturated heterocycles. The van der Waals surface area contributed by atoms with E-state index in [-0.39, 0.29) is 29.1 Å². The van der Waals surface area contributed by atoms with E-state index in [0.717, 1.165) is 9.87 Å². The Kier molecular flexibility index (Phi) is 11.5. The van der Waals surface area contributed by atoms with Crippen LogP contribution in [0.3, 0.4) is 0 Å². The number of hydrogen-bond acceptors (Lipinski definition) is 4. The Morgan fingerprint density at radius 3 is 2.15 bits per heavy atom. The summed E-state index contributed by atoms with van der Waals surface area (Å²) in [5.74, 6) is -0.899. The number of amides is 2. The molecule has 0 aliphatic rings. The summed E-state index contributed by atoms with van der Waals surface area (Å²) in [5.41, 5.74) is 1.62. The summed E-state index contributed by atoms with van der Waals surface area (Å²) >= 11 is 18.7. The predicted molar refractivity (Wildman–Crippen MR) is 166 cm³/mol. The van der Waals surface area contributed by atoms with Gasteiger partial charge in [-0.05, 0) is 74.2 Å². The van der Waals surface area contributed by atoms with Gasteiger partial charge in [-0.15, -0.1) is 0 Å². The van der Waals surface area contributed by atoms with Crippen molar-refractivity contribution < 1.29 is 18.0 Å². The smallest absolute Gasteiger partial charge is 0.264 e. The van der Waals surface area contributed by atoms with Gasteiger partial charge in [0.2, 0.25) is 11.8 Å². The lowest BCUT2D eigenvalue weighted by atomic mass is 10.1. The number of rotatable bonds is 12. The van der Waals surface area contributed by atoms with Gasteiger partial charge >= 0.3 is 0 Å². The van der Waals surface area contributed by atoms with Crippen molar-refractivity contribution in [1.82, 2.24) is 10.2 Å². The molecule has 41 heavy (non-hydrogen) atoms. The number of benzene rings is 3. The lowest BCUT2D eigenvalue weighted by Gasteiger charge is -2.34. The van der Waals surface area contributed by atoms with Crippen LogP contribution in [0.2, 0.25) is 15.1 Å². The van der Waals surface area contributed by atoms with E-state index in [2.05, 4.69) is 5.32 Å². The molecule has 3 rings (SSSR count). The summed E-state index contributed by atoms with van der Waals surface area (Å²) in [4.78, 5) is 28.9. The van der Waals surface area contributed by atoms with Gasteiger partial charge in [0.1, 0.15) is 12.6 Å². The Morgan fingerprint density at radius 2 is 1.56 bits per heavy atom. The lowest BCUT2D eigenvalue weighted by Crippen LogP contribution is -2.53. The van der Waals surface area contributed by atoms with Gasteiger partial charge in [0.25, 0.3) is 10.0 Å². The van der Waals surface area contributed by atoms with Gasteiger partial charge in [-0.1, -0.05) is 79.0 Å². The Labute approximate surface area is 257 Å². The zero-order valence-electron chi connectivity index (χ0n) is 23.4. The van der Waals surface area contributed by atoms with Crippen molar-refractivity contribution in [2.24, 2.45) is 0 Å². The van der Waals surface area contributed by atoms with Crippen LogP contribution in [0.15, 0.2) is 71.6 Å². The molecule has 0 heterocycles. The average Bonchev–Trinajstić information content (AvgIpc) is 2.95. The van der Waals surface area contributed by atoms with Gasteiger partial charge in [-0.3, -0.25) is 13.9 Å². The van der Waals surface area contributed by atoms with Crippen molar-refractivity contribution in [1.29, 1.82) is 0 Å². The second kappa shape index (κ2) is 14.4. The first-order valence-corrected chi connectivity index (χ1v) is 15.8. The lowest BCUT2D eigenvalue weighted by molar-refractivity contribution is -0.140. The molecule has 0 bridgehead atoms. The van der Waals surface area contributed by atoms with E-state index < -0.39 is 28.5 Å². The van der Waals surface area contributed by atoms with E-state index in [9.17, 15) is 18.0 Å². The standard InChI is InChI=1S/C30H34Cl3N3O4S/c1-5-21(4)34-30(38)28(6-2)35(18-22-13-15-25(31)27(33)16-22)29(37)19-36(23-14-12-20(3)26(32)17-23)41(39,40)24-10-8-7-9-11-24/h7-17,21,28H,5-6,18-19H2,1-4H3,(H,34,38)/t21-,28+/m0/s1. The van der Waals surface area contributed by atoms with Crippen LogP contribution in [-0.2, 0) is 26.2 Å². The van der Waals surface area contributed by atoms with Crippen LogP contribution in [0.4, 0.5) is 5.69 Å². The van der Waals surface area contributed by atoms with E-state index in [1.807, 2.05) is 13.8 Å². The zero-order chi connectivity index (χ0) is 30.3. The fraction of sp³-hybridized carbons (Fsp3) is 0.333. The highest BCUT2D eigenvalue weighted by Gasteiger charge is 2.34. The molecule has 0 aromatic heterocycles. The maximum Gasteiger partial charge on any atom is 0.264 e. The molecule has 220 valence electrons. The summed E-state index contributed by atoms with van der Waals surface area (Å²) < 4.78 is 28.8. The van der Waals surface area contributed by atoms with Gasteiger partial charge in [0, 0.05) is 17.6 Å². The van der Waals surface area contributed by atoms with Crippen molar-refractivity contribution >= 4 is 62.3 Å². The minimum Gasteiger partial charge on any atom is -0.352 e. The fourth-order valence-electron chi connectivity index (χ4n) is 4.18. The number of carbonyl (C=O) groups is 2. The molecule has 0 saturated carbocycles. The largest absolute Gasteiger partial charge is 0.352 e. The minimum absolute atomic E-state index is 0.00995. The second-order valence-electron chi connectivity index (χ2n) is 9.77. The molecule has 1 N–H and O–H groups in total. The molecule has 0 aliphatic carbocycles. The van der Waals surface area contributed by atoms with Crippen LogP contribution in [0.25, 0.3) is 0 Å². The highest BCUT2D eigenvalue weighted by molar-refractivity contribution is 7.92. The summed E-state index contributed by atoms with van der Waals surface area (Å²) in [5, 5.41) is 3.96. The monoisotopic (exact) mass is 637 g/mol. The predicted octanol–water partition coefficient (Wildman–Crippen LogP) is 6.87. The normalized spacial score (nSPS) is 12.9. The topological polar surface area (TPSA) is 86.8 Å². The fourth-order valence-corrected chi connectivity index (χ4v) is 6.10. The second-order valence-corrected chi connectivity index (χ2v) is 12.9. The molecule has 11 heteroatoms. The highest BCUT2D eigenvalue weighted by Crippen LogP contribution is 2.29. The molecular weight excluding hydrogens is 605 g/mol. The van der Waals surface area contributed by atoms with Crippen molar-refractivity contribution in [3.8, 4) is 0 Å². The van der Waals surface area contributed by atoms with Crippen molar-refractivity contribution in [2.45, 2.75) is 64.1 Å². The van der Waals surface area contributed by atoms with Crippen LogP contribution in [0.1, 0.15) is 44.7 Å². The summed E-state index contributed by atoms with van der Waals surface area (Å²) in [6.45, 7) is 6.87. The highest BCUT2D eigenvalue weighted by atomic mass is 35.5. The number of anilines is 1. The van der Waals surface area contributed by atoms with Gasteiger partial charge in [-0.25, -0.2) is 8.42 Å². The molecule has 3 aromatic rings. The molecule has 7 nitrogen and oxygen atoms in total. The van der Waals surface area contributed by atoms with E-state index >= 15 is 0 Å². The average molecular weight is 639 g/mol. The van der Waals surface area contributed by atoms with Crippen LogP contribution in [0, 0.1) is 6.92 Å². The zero-order valence-corrected chi connectivity index (χ0v) is 26.5. The molecule has 0 aliphatic heterocycles. The van der Waals surface area contributed by atoms with Gasteiger partial charge in [0.15, 0.2) is 0 Å². The van der Waals surface area contributed by atoms with Crippen molar-refractivity contribution in [3.05, 3.63) is 92.9 Å². The van der Waals surface area contributed by atoms with Crippen molar-refractivity contribution in [2.75, 3.05) is 10.8 Å². The van der Waals surface area contributed by atoms with Crippen LogP contribution in [-0.4, -0.2) is 43.8 Å². The quantitative estimate of drug-likeness (QED) is 0.235. The maximum atomic E-state index is 14.1. The number of nitrogens with one attached hydrogen (secondary N) is 1. The van der Waals surface area contributed by atoms with Crippen molar-refractivity contribution in [3.63, 3.8) is 0 Å². The van der Waals surface area contributed by atoms with Gasteiger partial charge < -0.3 is 10.2 Å². The summed E-state index contributed by atoms with van der Waals surface area (Å²) in [6, 6.07) is 16.6. The summed E-state index contributed by atoms with van der Waals surface area (Å²) in [6.07, 6.45) is 1.01. The maximum absolute atomic E-state index is 14.1. The first kappa shape index (κ1) is 32.7. The number of hydrogen-bond donors (Lipinski definition) is 1. The molecule has 0 unspecified atom stereocenters. The van der Waals surface area contributed by atoms with E-state index in [1.165, 1.54) is 23.1 Å². The molecule has 0 radical (unpaired) electrons. The molecule has 0 spiro atoms. The third-order valence-electron chi connectivity index (χ3n) is 6.78. The first-order chi connectivity index (χ1) is 19.4. The number of carbonyl (C=O) groups excluding carboxylic acids is 2. The molecule has 2 atom stereocenters. The molecule has 0 fully saturated rings. The summed E-state index contributed by atoms with van der Waals surface area (Å²) in [7, 11) is -4.19. The molecular formula is C30H34Cl3N3O4S. The van der Waals surface area contributed by atoms with E-state index in [1.54, 1.807) is 62.4 Å². The SMILES string of the molecule is CC[C@H](C(=O)N[C@@H](C)CC)N(Cc1ccc(Cl)c(Cl)c1)C(=O)CN(c1ccc(C)c(Cl)c1)S(=O)(=O)c1ccccc1. The van der Waals surface area contributed by atoms with Gasteiger partial charge in [0.05, 0.1) is 20.6 Å². The Bertz CT molecular complexity index is 1490. The van der Waals surface area contributed by atoms with Crippen LogP contribution < -0.4 is 9.62 Å². The van der Waals surface area contributed by atoms with Crippen LogP contribution in [0.5, 0.6) is 0 Å². The Balaban J connectivity index is 2.09. The number of sulfonamides is 1. The molecule has 3 aromatic carbocycles. The number of aryl methyl sites for hydroxylation is 1. The third kappa shape index (κ3) is 8.16. The van der Waals surface area contributed by atoms with Crippen LogP contribution >= 0.6 is 34.8 Å². The Morgan fingerprint density at radius 1 is 0.878 bits per heavy atom. The van der Waals surface area contributed by atoms with E-state index in [4.69, 9.17) is 34.8 Å². The molecule has 2 amide bonds. The number of halogens is 3. The van der Waals surface area contributed by atoms with Gasteiger partial charge in [-0.2, -0.15) is 0 Å². The Hall–Kier alpha value is -2.78. The van der Waals surface area contributed by atoms with E-state index in [0.29, 0.717) is 33.5 Å². The minimum atomic E-state index is -4.19. The first-order valence-electron chi connectivity index (χ1n) is 13.3.